The van der Waals surface area contributed by atoms with E-state index in [4.69, 9.17) is 9.47 Å². The number of para-hydroxylation sites is 1. The van der Waals surface area contributed by atoms with Gasteiger partial charge in [-0.15, -0.1) is 0 Å². The van der Waals surface area contributed by atoms with Crippen molar-refractivity contribution in [3.8, 4) is 5.88 Å². The standard InChI is InChI=1S/C19H19N3O4/c1-25-17-8-7-12(10-21-17)18(23)22-16(19(24)26-2)9-13-11-20-15-6-4-3-5-14(13)15/h3-8,10-11,16,20H,9H2,1-2H3,(H,22,23). The number of methoxy groups -OCH3 is 2. The number of rotatable bonds is 6. The summed E-state index contributed by atoms with van der Waals surface area (Å²) in [5, 5.41) is 3.72. The summed E-state index contributed by atoms with van der Waals surface area (Å²) in [6.45, 7) is 0. The van der Waals surface area contributed by atoms with Crippen molar-refractivity contribution in [2.24, 2.45) is 0 Å². The van der Waals surface area contributed by atoms with Crippen molar-refractivity contribution in [3.05, 3.63) is 59.9 Å². The zero-order valence-corrected chi connectivity index (χ0v) is 14.5. The maximum absolute atomic E-state index is 12.5. The van der Waals surface area contributed by atoms with Crippen molar-refractivity contribution in [1.29, 1.82) is 0 Å². The highest BCUT2D eigenvalue weighted by molar-refractivity contribution is 5.96. The SMILES string of the molecule is COC(=O)C(Cc1c[nH]c2ccccc12)NC(=O)c1ccc(OC)nc1. The maximum Gasteiger partial charge on any atom is 0.328 e. The molecule has 0 saturated carbocycles. The molecule has 0 aliphatic carbocycles. The van der Waals surface area contributed by atoms with Crippen LogP contribution in [0.3, 0.4) is 0 Å². The van der Waals surface area contributed by atoms with Crippen LogP contribution in [0, 0.1) is 0 Å². The molecule has 0 bridgehead atoms. The average molecular weight is 353 g/mol. The van der Waals surface area contributed by atoms with E-state index >= 15 is 0 Å². The molecule has 2 heterocycles. The van der Waals surface area contributed by atoms with Crippen molar-refractivity contribution in [2.75, 3.05) is 14.2 Å². The van der Waals surface area contributed by atoms with Gasteiger partial charge in [0.05, 0.1) is 19.8 Å². The van der Waals surface area contributed by atoms with Gasteiger partial charge in [0.1, 0.15) is 6.04 Å². The number of carbonyl (C=O) groups excluding carboxylic acids is 2. The summed E-state index contributed by atoms with van der Waals surface area (Å²) in [6, 6.07) is 10.1. The molecule has 0 radical (unpaired) electrons. The molecule has 0 aliphatic rings. The highest BCUT2D eigenvalue weighted by atomic mass is 16.5. The molecule has 0 saturated heterocycles. The second-order valence-electron chi connectivity index (χ2n) is 5.70. The van der Waals surface area contributed by atoms with Gasteiger partial charge in [-0.25, -0.2) is 9.78 Å². The van der Waals surface area contributed by atoms with E-state index in [2.05, 4.69) is 15.3 Å². The lowest BCUT2D eigenvalue weighted by atomic mass is 10.0. The third kappa shape index (κ3) is 3.66. The first kappa shape index (κ1) is 17.5. The molecule has 1 amide bonds. The third-order valence-corrected chi connectivity index (χ3v) is 4.10. The van der Waals surface area contributed by atoms with E-state index in [1.807, 2.05) is 30.5 Å². The summed E-state index contributed by atoms with van der Waals surface area (Å²) in [5.41, 5.74) is 2.22. The Morgan fingerprint density at radius 1 is 1.19 bits per heavy atom. The van der Waals surface area contributed by atoms with E-state index in [1.54, 1.807) is 12.1 Å². The predicted molar refractivity (Wildman–Crippen MR) is 96.1 cm³/mol. The molecule has 3 aromatic rings. The summed E-state index contributed by atoms with van der Waals surface area (Å²) in [5.74, 6) is -0.509. The van der Waals surface area contributed by atoms with Crippen molar-refractivity contribution < 1.29 is 19.1 Å². The van der Waals surface area contributed by atoms with E-state index in [1.165, 1.54) is 20.4 Å². The minimum Gasteiger partial charge on any atom is -0.481 e. The van der Waals surface area contributed by atoms with Crippen molar-refractivity contribution in [2.45, 2.75) is 12.5 Å². The fourth-order valence-electron chi connectivity index (χ4n) is 2.73. The zero-order valence-electron chi connectivity index (χ0n) is 14.5. The maximum atomic E-state index is 12.5. The number of aromatic amines is 1. The van der Waals surface area contributed by atoms with Gasteiger partial charge in [-0.2, -0.15) is 0 Å². The highest BCUT2D eigenvalue weighted by Gasteiger charge is 2.24. The number of benzene rings is 1. The van der Waals surface area contributed by atoms with Gasteiger partial charge in [-0.05, 0) is 17.7 Å². The molecule has 1 unspecified atom stereocenters. The lowest BCUT2D eigenvalue weighted by Crippen LogP contribution is -2.43. The topological polar surface area (TPSA) is 93.3 Å². The first-order chi connectivity index (χ1) is 12.6. The van der Waals surface area contributed by atoms with Crippen LogP contribution in [0.25, 0.3) is 10.9 Å². The molecule has 2 N–H and O–H groups in total. The number of nitrogens with zero attached hydrogens (tertiary/aromatic N) is 1. The fraction of sp³-hybridized carbons (Fsp3) is 0.211. The Morgan fingerprint density at radius 2 is 2.00 bits per heavy atom. The van der Waals surface area contributed by atoms with E-state index < -0.39 is 17.9 Å². The Kier molecular flexibility index (Phi) is 5.17. The first-order valence-corrected chi connectivity index (χ1v) is 8.06. The molecular weight excluding hydrogens is 334 g/mol. The Balaban J connectivity index is 1.79. The van der Waals surface area contributed by atoms with E-state index in [0.717, 1.165) is 16.5 Å². The number of fused-ring (bicyclic) bond motifs is 1. The second kappa shape index (κ2) is 7.69. The van der Waals surface area contributed by atoms with Crippen molar-refractivity contribution in [3.63, 3.8) is 0 Å². The van der Waals surface area contributed by atoms with Crippen LogP contribution in [-0.2, 0) is 16.0 Å². The van der Waals surface area contributed by atoms with Crippen LogP contribution >= 0.6 is 0 Å². The molecule has 0 fully saturated rings. The van der Waals surface area contributed by atoms with Crippen LogP contribution in [-0.4, -0.2) is 42.1 Å². The number of esters is 1. The van der Waals surface area contributed by atoms with Gasteiger partial charge >= 0.3 is 5.97 Å². The molecule has 1 atom stereocenters. The van der Waals surface area contributed by atoms with Gasteiger partial charge in [-0.1, -0.05) is 18.2 Å². The van der Waals surface area contributed by atoms with Gasteiger partial charge in [0.15, 0.2) is 0 Å². The molecule has 26 heavy (non-hydrogen) atoms. The van der Waals surface area contributed by atoms with E-state index in [0.29, 0.717) is 17.9 Å². The first-order valence-electron chi connectivity index (χ1n) is 8.06. The summed E-state index contributed by atoms with van der Waals surface area (Å²) in [7, 11) is 2.79. The summed E-state index contributed by atoms with van der Waals surface area (Å²) in [6.07, 6.45) is 3.54. The molecule has 1 aromatic carbocycles. The van der Waals surface area contributed by atoms with E-state index in [-0.39, 0.29) is 0 Å². The number of aromatic nitrogens is 2. The smallest absolute Gasteiger partial charge is 0.328 e. The summed E-state index contributed by atoms with van der Waals surface area (Å²) < 4.78 is 9.82. The van der Waals surface area contributed by atoms with Gasteiger partial charge < -0.3 is 19.8 Å². The monoisotopic (exact) mass is 353 g/mol. The number of hydrogen-bond donors (Lipinski definition) is 2. The molecule has 3 rings (SSSR count). The van der Waals surface area contributed by atoms with Crippen LogP contribution in [0.1, 0.15) is 15.9 Å². The molecule has 7 nitrogen and oxygen atoms in total. The quantitative estimate of drug-likeness (QED) is 0.662. The van der Waals surface area contributed by atoms with Gasteiger partial charge in [0, 0.05) is 35.8 Å². The lowest BCUT2D eigenvalue weighted by molar-refractivity contribution is -0.142. The normalized spacial score (nSPS) is 11.8. The largest absolute Gasteiger partial charge is 0.481 e. The Labute approximate surface area is 150 Å². The number of H-pyrrole nitrogens is 1. The number of carbonyl (C=O) groups is 2. The Hall–Kier alpha value is -3.35. The third-order valence-electron chi connectivity index (χ3n) is 4.10. The fourth-order valence-corrected chi connectivity index (χ4v) is 2.73. The van der Waals surface area contributed by atoms with Gasteiger partial charge in [0.25, 0.3) is 5.91 Å². The molecule has 134 valence electrons. The Morgan fingerprint density at radius 3 is 2.69 bits per heavy atom. The van der Waals surface area contributed by atoms with Crippen molar-refractivity contribution >= 4 is 22.8 Å². The van der Waals surface area contributed by atoms with Crippen LogP contribution in [0.5, 0.6) is 5.88 Å². The predicted octanol–water partition coefficient (Wildman–Crippen LogP) is 2.09. The minimum absolute atomic E-state index is 0.312. The molecule has 7 heteroatoms. The number of amides is 1. The molecule has 2 aromatic heterocycles. The zero-order chi connectivity index (χ0) is 18.5. The highest BCUT2D eigenvalue weighted by Crippen LogP contribution is 2.19. The molecule has 0 spiro atoms. The number of pyridine rings is 1. The van der Waals surface area contributed by atoms with E-state index in [9.17, 15) is 9.59 Å². The summed E-state index contributed by atoms with van der Waals surface area (Å²) in [4.78, 5) is 31.8. The van der Waals surface area contributed by atoms with Crippen LogP contribution in [0.4, 0.5) is 0 Å². The van der Waals surface area contributed by atoms with Gasteiger partial charge in [0.2, 0.25) is 5.88 Å². The molecular formula is C19H19N3O4. The van der Waals surface area contributed by atoms with Gasteiger partial charge in [-0.3, -0.25) is 4.79 Å². The number of nitrogens with one attached hydrogen (secondary N) is 2. The average Bonchev–Trinajstić information content (AvgIpc) is 3.09. The number of hydrogen-bond acceptors (Lipinski definition) is 5. The van der Waals surface area contributed by atoms with Crippen LogP contribution in [0.2, 0.25) is 0 Å². The van der Waals surface area contributed by atoms with Crippen LogP contribution in [0.15, 0.2) is 48.8 Å². The minimum atomic E-state index is -0.811. The van der Waals surface area contributed by atoms with Crippen molar-refractivity contribution in [1.82, 2.24) is 15.3 Å². The summed E-state index contributed by atoms with van der Waals surface area (Å²) >= 11 is 0. The Bertz CT molecular complexity index is 918. The second-order valence-corrected chi connectivity index (χ2v) is 5.70. The molecule has 0 aliphatic heterocycles. The lowest BCUT2D eigenvalue weighted by Gasteiger charge is -2.16. The van der Waals surface area contributed by atoms with Crippen LogP contribution < -0.4 is 10.1 Å². The number of ether oxygens (including phenoxy) is 2.